The molecule has 1 aliphatic heterocycles. The van der Waals surface area contributed by atoms with Crippen LogP contribution in [0.15, 0.2) is 60.4 Å². The van der Waals surface area contributed by atoms with E-state index in [0.717, 1.165) is 24.8 Å². The van der Waals surface area contributed by atoms with Crippen molar-refractivity contribution >= 4 is 71.0 Å². The van der Waals surface area contributed by atoms with Crippen molar-refractivity contribution in [2.75, 3.05) is 0 Å². The fourth-order valence-corrected chi connectivity index (χ4v) is 6.24. The number of halogens is 2. The Hall–Kier alpha value is -1.69. The molecule has 1 saturated heterocycles. The SMILES string of the molecule is CCCC[C@H]1S/C(=N\N=C/c2cc(C)ccc2OS(=O)(=O)c2cc(Br)ccc2Br)NC1=O. The average molecular weight is 603 g/mol. The standard InChI is InChI=1S/C21H21Br2N3O4S2/c1-3-4-5-18-20(27)25-21(31-18)26-24-12-14-10-13(2)6-9-17(14)30-32(28,29)19-11-15(22)7-8-16(19)23/h6-12,18H,3-5H2,1-2H3,(H,25,26,27)/b24-12-/t18-/m1/s1. The zero-order valence-corrected chi connectivity index (χ0v) is 22.1. The van der Waals surface area contributed by atoms with Crippen molar-refractivity contribution in [3.05, 3.63) is 56.5 Å². The summed E-state index contributed by atoms with van der Waals surface area (Å²) in [4.78, 5) is 12.0. The van der Waals surface area contributed by atoms with Gasteiger partial charge in [-0.1, -0.05) is 59.1 Å². The molecule has 2 aromatic carbocycles. The van der Waals surface area contributed by atoms with Gasteiger partial charge in [0.25, 0.3) is 0 Å². The predicted molar refractivity (Wildman–Crippen MR) is 135 cm³/mol. The third-order valence-corrected chi connectivity index (χ3v) is 8.33. The second-order valence-corrected chi connectivity index (χ2v) is 11.5. The first kappa shape index (κ1) is 24.9. The molecule has 0 unspecified atom stereocenters. The monoisotopic (exact) mass is 601 g/mol. The molecular weight excluding hydrogens is 582 g/mol. The number of nitrogens with one attached hydrogen (secondary N) is 1. The summed E-state index contributed by atoms with van der Waals surface area (Å²) in [6, 6.07) is 9.86. The Morgan fingerprint density at radius 2 is 2.00 bits per heavy atom. The lowest BCUT2D eigenvalue weighted by atomic mass is 10.1. The number of amidine groups is 1. The molecule has 1 fully saturated rings. The van der Waals surface area contributed by atoms with Gasteiger partial charge < -0.3 is 9.50 Å². The predicted octanol–water partition coefficient (Wildman–Crippen LogP) is 5.40. The number of rotatable bonds is 8. The molecule has 3 rings (SSSR count). The highest BCUT2D eigenvalue weighted by Crippen LogP contribution is 2.30. The van der Waals surface area contributed by atoms with Gasteiger partial charge in [0.15, 0.2) is 10.9 Å². The fourth-order valence-electron chi connectivity index (χ4n) is 2.85. The maximum Gasteiger partial charge on any atom is 0.340 e. The summed E-state index contributed by atoms with van der Waals surface area (Å²) >= 11 is 7.88. The summed E-state index contributed by atoms with van der Waals surface area (Å²) < 4.78 is 32.1. The smallest absolute Gasteiger partial charge is 0.340 e. The van der Waals surface area contributed by atoms with E-state index in [9.17, 15) is 13.2 Å². The van der Waals surface area contributed by atoms with Crippen molar-refractivity contribution in [3.8, 4) is 5.75 Å². The van der Waals surface area contributed by atoms with E-state index in [0.29, 0.717) is 19.7 Å². The number of amides is 1. The van der Waals surface area contributed by atoms with Crippen molar-refractivity contribution < 1.29 is 17.4 Å². The van der Waals surface area contributed by atoms with Crippen molar-refractivity contribution in [2.45, 2.75) is 43.3 Å². The third-order valence-electron chi connectivity index (χ3n) is 4.47. The molecule has 1 atom stereocenters. The first-order valence-electron chi connectivity index (χ1n) is 9.78. The van der Waals surface area contributed by atoms with Crippen LogP contribution >= 0.6 is 43.6 Å². The second kappa shape index (κ2) is 11.0. The maximum atomic E-state index is 12.9. The van der Waals surface area contributed by atoms with Crippen LogP contribution in [-0.4, -0.2) is 31.0 Å². The van der Waals surface area contributed by atoms with Crippen LogP contribution in [0.3, 0.4) is 0 Å². The van der Waals surface area contributed by atoms with Crippen LogP contribution in [0, 0.1) is 6.92 Å². The molecule has 1 aliphatic rings. The van der Waals surface area contributed by atoms with Gasteiger partial charge >= 0.3 is 10.1 Å². The Kier molecular flexibility index (Phi) is 8.54. The number of carbonyl (C=O) groups is 1. The zero-order valence-electron chi connectivity index (χ0n) is 17.3. The van der Waals surface area contributed by atoms with E-state index in [1.54, 1.807) is 30.3 Å². The van der Waals surface area contributed by atoms with Crippen LogP contribution in [0.5, 0.6) is 5.75 Å². The maximum absolute atomic E-state index is 12.9. The van der Waals surface area contributed by atoms with Gasteiger partial charge in [0.1, 0.15) is 4.90 Å². The highest BCUT2D eigenvalue weighted by atomic mass is 79.9. The Morgan fingerprint density at radius 1 is 1.22 bits per heavy atom. The van der Waals surface area contributed by atoms with E-state index < -0.39 is 10.1 Å². The summed E-state index contributed by atoms with van der Waals surface area (Å²) in [5.74, 6) is 0.0537. The lowest BCUT2D eigenvalue weighted by Gasteiger charge is -2.11. The van der Waals surface area contributed by atoms with Crippen LogP contribution in [-0.2, 0) is 14.9 Å². The highest BCUT2D eigenvalue weighted by Gasteiger charge is 2.29. The molecule has 0 bridgehead atoms. The van der Waals surface area contributed by atoms with E-state index in [1.807, 2.05) is 6.92 Å². The van der Waals surface area contributed by atoms with Crippen LogP contribution in [0.4, 0.5) is 0 Å². The summed E-state index contributed by atoms with van der Waals surface area (Å²) in [7, 11) is -4.10. The minimum atomic E-state index is -4.10. The Balaban J connectivity index is 1.81. The average Bonchev–Trinajstić information content (AvgIpc) is 3.09. The number of nitrogens with zero attached hydrogens (tertiary/aromatic N) is 2. The lowest BCUT2D eigenvalue weighted by molar-refractivity contribution is -0.118. The highest BCUT2D eigenvalue weighted by molar-refractivity contribution is 9.11. The molecule has 32 heavy (non-hydrogen) atoms. The second-order valence-electron chi connectivity index (χ2n) is 7.04. The largest absolute Gasteiger partial charge is 0.378 e. The van der Waals surface area contributed by atoms with Crippen LogP contribution < -0.4 is 9.50 Å². The summed E-state index contributed by atoms with van der Waals surface area (Å²) in [5, 5.41) is 11.1. The topological polar surface area (TPSA) is 97.2 Å². The molecule has 2 aromatic rings. The molecule has 7 nitrogen and oxygen atoms in total. The van der Waals surface area contributed by atoms with Gasteiger partial charge in [-0.15, -0.1) is 5.10 Å². The summed E-state index contributed by atoms with van der Waals surface area (Å²) in [5.41, 5.74) is 1.34. The van der Waals surface area contributed by atoms with Crippen molar-refractivity contribution in [2.24, 2.45) is 10.2 Å². The number of benzene rings is 2. The number of unbranched alkanes of at least 4 members (excludes halogenated alkanes) is 1. The Morgan fingerprint density at radius 3 is 2.75 bits per heavy atom. The molecule has 0 spiro atoms. The van der Waals surface area contributed by atoms with Crippen molar-refractivity contribution in [3.63, 3.8) is 0 Å². The first-order chi connectivity index (χ1) is 15.2. The van der Waals surface area contributed by atoms with E-state index in [2.05, 4.69) is 54.3 Å². The number of thioether (sulfide) groups is 1. The Bertz CT molecular complexity index is 1180. The van der Waals surface area contributed by atoms with Gasteiger partial charge in [-0.2, -0.15) is 13.5 Å². The van der Waals surface area contributed by atoms with Gasteiger partial charge in [-0.05, 0) is 59.6 Å². The van der Waals surface area contributed by atoms with E-state index in [4.69, 9.17) is 4.18 Å². The van der Waals surface area contributed by atoms with Crippen molar-refractivity contribution in [1.82, 2.24) is 5.32 Å². The fraction of sp³-hybridized carbons (Fsp3) is 0.286. The molecule has 0 saturated carbocycles. The number of carbonyl (C=O) groups excluding carboxylic acids is 1. The van der Waals surface area contributed by atoms with Gasteiger partial charge in [0.05, 0.1) is 11.5 Å². The van der Waals surface area contributed by atoms with Gasteiger partial charge in [0.2, 0.25) is 5.91 Å². The molecule has 11 heteroatoms. The molecule has 0 aromatic heterocycles. The van der Waals surface area contributed by atoms with E-state index in [1.165, 1.54) is 24.0 Å². The molecule has 1 N–H and O–H groups in total. The van der Waals surface area contributed by atoms with E-state index >= 15 is 0 Å². The number of aryl methyl sites for hydroxylation is 1. The van der Waals surface area contributed by atoms with Gasteiger partial charge in [0, 0.05) is 14.5 Å². The van der Waals surface area contributed by atoms with Crippen LogP contribution in [0.25, 0.3) is 0 Å². The summed E-state index contributed by atoms with van der Waals surface area (Å²) in [6.45, 7) is 3.95. The quantitative estimate of drug-likeness (QED) is 0.248. The molecule has 0 aliphatic carbocycles. The molecule has 1 heterocycles. The van der Waals surface area contributed by atoms with E-state index in [-0.39, 0.29) is 21.8 Å². The minimum Gasteiger partial charge on any atom is -0.378 e. The Labute approximate surface area is 208 Å². The lowest BCUT2D eigenvalue weighted by Crippen LogP contribution is -2.24. The zero-order chi connectivity index (χ0) is 23.3. The minimum absolute atomic E-state index is 0.00114. The van der Waals surface area contributed by atoms with Gasteiger partial charge in [-0.3, -0.25) is 4.79 Å². The first-order valence-corrected chi connectivity index (χ1v) is 13.7. The van der Waals surface area contributed by atoms with Crippen molar-refractivity contribution in [1.29, 1.82) is 0 Å². The van der Waals surface area contributed by atoms with Crippen LogP contribution in [0.2, 0.25) is 0 Å². The molecule has 170 valence electrons. The normalized spacial score (nSPS) is 17.8. The molecule has 0 radical (unpaired) electrons. The molecular formula is C21H21Br2N3O4S2. The third kappa shape index (κ3) is 6.43. The van der Waals surface area contributed by atoms with Crippen LogP contribution in [0.1, 0.15) is 37.3 Å². The van der Waals surface area contributed by atoms with Gasteiger partial charge in [-0.25, -0.2) is 0 Å². The summed E-state index contributed by atoms with van der Waals surface area (Å²) in [6.07, 6.45) is 4.18. The number of hydrogen-bond donors (Lipinski definition) is 1. The molecule has 1 amide bonds. The number of hydrogen-bond acceptors (Lipinski definition) is 7.